The fraction of sp³-hybridized carbons (Fsp3) is 0.259. The van der Waals surface area contributed by atoms with E-state index in [1.165, 1.54) is 54.3 Å². The Kier molecular flexibility index (Phi) is 6.01. The molecule has 9 nitrogen and oxygen atoms in total. The molecule has 0 unspecified atom stereocenters. The maximum atomic E-state index is 14.8. The molecule has 38 heavy (non-hydrogen) atoms. The average Bonchev–Trinajstić information content (AvgIpc) is 3.68. The first-order valence-corrected chi connectivity index (χ1v) is 12.0. The van der Waals surface area contributed by atoms with Gasteiger partial charge in [-0.1, -0.05) is 6.07 Å². The van der Waals surface area contributed by atoms with Gasteiger partial charge in [0.05, 0.1) is 22.6 Å². The van der Waals surface area contributed by atoms with E-state index in [-0.39, 0.29) is 45.4 Å². The van der Waals surface area contributed by atoms with Crippen molar-refractivity contribution in [3.05, 3.63) is 90.4 Å². The lowest BCUT2D eigenvalue weighted by molar-refractivity contribution is -0.114. The van der Waals surface area contributed by atoms with Crippen molar-refractivity contribution in [1.29, 1.82) is 0 Å². The van der Waals surface area contributed by atoms with Gasteiger partial charge in [-0.2, -0.15) is 0 Å². The quantitative estimate of drug-likeness (QED) is 0.416. The molecule has 1 aliphatic carbocycles. The molecule has 1 saturated carbocycles. The SMILES string of the molecule is CC(=O)Nc1cc(-n2c(=O)n(C3CC3)c(=O)c3c(Nc4ccc(C)cc4F)n(C)c(=O)c(C)c32)ccc1F. The summed E-state index contributed by atoms with van der Waals surface area (Å²) in [5.74, 6) is -1.81. The third-order valence-corrected chi connectivity index (χ3v) is 6.65. The topological polar surface area (TPSA) is 107 Å². The molecule has 2 aromatic heterocycles. The molecule has 2 N–H and O–H groups in total. The summed E-state index contributed by atoms with van der Waals surface area (Å²) in [7, 11) is 1.45. The Hall–Kier alpha value is -4.54. The van der Waals surface area contributed by atoms with Crippen LogP contribution in [0.25, 0.3) is 16.6 Å². The second-order valence-corrected chi connectivity index (χ2v) is 9.54. The Morgan fingerprint density at radius 1 is 0.947 bits per heavy atom. The highest BCUT2D eigenvalue weighted by molar-refractivity contribution is 5.94. The van der Waals surface area contributed by atoms with E-state index in [9.17, 15) is 28.0 Å². The molecule has 0 aliphatic heterocycles. The minimum atomic E-state index is -0.721. The molecule has 0 spiro atoms. The first-order valence-electron chi connectivity index (χ1n) is 12.0. The number of benzene rings is 2. The normalized spacial score (nSPS) is 13.1. The first kappa shape index (κ1) is 25.1. The number of aromatic nitrogens is 3. The van der Waals surface area contributed by atoms with E-state index in [4.69, 9.17) is 0 Å². The number of pyridine rings is 1. The van der Waals surface area contributed by atoms with Crippen molar-refractivity contribution in [2.75, 3.05) is 10.6 Å². The van der Waals surface area contributed by atoms with Gasteiger partial charge in [-0.3, -0.25) is 28.1 Å². The van der Waals surface area contributed by atoms with E-state index in [2.05, 4.69) is 10.6 Å². The van der Waals surface area contributed by atoms with Crippen LogP contribution in [0, 0.1) is 25.5 Å². The zero-order valence-electron chi connectivity index (χ0n) is 21.2. The van der Waals surface area contributed by atoms with Gasteiger partial charge in [0, 0.05) is 25.6 Å². The average molecular weight is 522 g/mol. The number of nitrogens with one attached hydrogen (secondary N) is 2. The summed E-state index contributed by atoms with van der Waals surface area (Å²) < 4.78 is 32.8. The number of aryl methyl sites for hydroxylation is 2. The lowest BCUT2D eigenvalue weighted by Gasteiger charge is -2.21. The molecular weight excluding hydrogens is 496 g/mol. The Bertz CT molecular complexity index is 1830. The molecule has 5 rings (SSSR count). The Balaban J connectivity index is 1.91. The van der Waals surface area contributed by atoms with Crippen LogP contribution in [-0.2, 0) is 11.8 Å². The number of fused-ring (bicyclic) bond motifs is 1. The lowest BCUT2D eigenvalue weighted by atomic mass is 10.1. The van der Waals surface area contributed by atoms with Crippen LogP contribution in [0.2, 0.25) is 0 Å². The molecule has 2 aromatic carbocycles. The number of hydrogen-bond donors (Lipinski definition) is 2. The van der Waals surface area contributed by atoms with Gasteiger partial charge in [-0.15, -0.1) is 0 Å². The highest BCUT2D eigenvalue weighted by atomic mass is 19.1. The van der Waals surface area contributed by atoms with Gasteiger partial charge in [0.25, 0.3) is 11.1 Å². The van der Waals surface area contributed by atoms with Crippen LogP contribution in [-0.4, -0.2) is 19.6 Å². The summed E-state index contributed by atoms with van der Waals surface area (Å²) in [5, 5.41) is 5.28. The number of carbonyl (C=O) groups excluding carboxylic acids is 1. The summed E-state index contributed by atoms with van der Waals surface area (Å²) >= 11 is 0. The molecule has 0 radical (unpaired) electrons. The third-order valence-electron chi connectivity index (χ3n) is 6.65. The standard InChI is InChI=1S/C27H25F2N5O4/c1-13-5-10-20(19(29)11-13)31-24-22-23(14(2)25(36)32(24)4)33(27(38)34(26(22)37)16-6-7-16)17-8-9-18(28)21(12-17)30-15(3)35/h5,8-12,16,31H,6-7H2,1-4H3,(H,30,35). The van der Waals surface area contributed by atoms with Crippen molar-refractivity contribution in [1.82, 2.24) is 13.7 Å². The van der Waals surface area contributed by atoms with Crippen LogP contribution in [0.5, 0.6) is 0 Å². The zero-order chi connectivity index (χ0) is 27.5. The highest BCUT2D eigenvalue weighted by Crippen LogP contribution is 2.34. The van der Waals surface area contributed by atoms with E-state index < -0.39 is 34.3 Å². The fourth-order valence-corrected chi connectivity index (χ4v) is 4.64. The minimum absolute atomic E-state index is 0.00137. The second kappa shape index (κ2) is 9.09. The van der Waals surface area contributed by atoms with Crippen molar-refractivity contribution in [2.24, 2.45) is 7.05 Å². The fourth-order valence-electron chi connectivity index (χ4n) is 4.64. The minimum Gasteiger partial charge on any atom is -0.338 e. The van der Waals surface area contributed by atoms with Crippen LogP contribution in [0.3, 0.4) is 0 Å². The Morgan fingerprint density at radius 3 is 2.29 bits per heavy atom. The van der Waals surface area contributed by atoms with E-state index in [0.717, 1.165) is 10.6 Å². The van der Waals surface area contributed by atoms with Crippen LogP contribution in [0.1, 0.15) is 36.9 Å². The number of rotatable bonds is 5. The summed E-state index contributed by atoms with van der Waals surface area (Å²) in [6.45, 7) is 4.43. The number of carbonyl (C=O) groups is 1. The van der Waals surface area contributed by atoms with Gasteiger partial charge >= 0.3 is 5.69 Å². The molecule has 0 saturated heterocycles. The predicted octanol–water partition coefficient (Wildman–Crippen LogP) is 3.78. The van der Waals surface area contributed by atoms with Gasteiger partial charge in [-0.25, -0.2) is 13.6 Å². The molecule has 11 heteroatoms. The van der Waals surface area contributed by atoms with Crippen molar-refractivity contribution in [3.63, 3.8) is 0 Å². The van der Waals surface area contributed by atoms with Crippen molar-refractivity contribution in [3.8, 4) is 5.69 Å². The molecular formula is C27H25F2N5O4. The summed E-state index contributed by atoms with van der Waals surface area (Å²) in [6.07, 6.45) is 1.22. The van der Waals surface area contributed by atoms with Gasteiger partial charge in [0.1, 0.15) is 22.8 Å². The Labute approximate surface area is 215 Å². The van der Waals surface area contributed by atoms with Gasteiger partial charge in [0.15, 0.2) is 0 Å². The molecule has 1 amide bonds. The van der Waals surface area contributed by atoms with Crippen LogP contribution >= 0.6 is 0 Å². The number of amides is 1. The molecule has 0 atom stereocenters. The maximum Gasteiger partial charge on any atom is 0.336 e. The number of anilines is 3. The van der Waals surface area contributed by atoms with Crippen molar-refractivity contribution < 1.29 is 13.6 Å². The third kappa shape index (κ3) is 4.09. The second-order valence-electron chi connectivity index (χ2n) is 9.54. The maximum absolute atomic E-state index is 14.8. The highest BCUT2D eigenvalue weighted by Gasteiger charge is 2.31. The Morgan fingerprint density at radius 2 is 1.66 bits per heavy atom. The predicted molar refractivity (Wildman–Crippen MR) is 141 cm³/mol. The molecule has 2 heterocycles. The summed E-state index contributed by atoms with van der Waals surface area (Å²) in [6, 6.07) is 7.83. The lowest BCUT2D eigenvalue weighted by Crippen LogP contribution is -2.41. The molecule has 1 aliphatic rings. The number of halogens is 2. The largest absolute Gasteiger partial charge is 0.338 e. The molecule has 1 fully saturated rings. The van der Waals surface area contributed by atoms with Crippen molar-refractivity contribution in [2.45, 2.75) is 39.7 Å². The molecule has 196 valence electrons. The number of hydrogen-bond acceptors (Lipinski definition) is 5. The van der Waals surface area contributed by atoms with Crippen LogP contribution < -0.4 is 27.4 Å². The van der Waals surface area contributed by atoms with E-state index in [1.807, 2.05) is 0 Å². The summed E-state index contributed by atoms with van der Waals surface area (Å²) in [4.78, 5) is 52.5. The number of nitrogens with zero attached hydrogens (tertiary/aromatic N) is 3. The summed E-state index contributed by atoms with van der Waals surface area (Å²) in [5.41, 5.74) is -1.03. The molecule has 0 bridgehead atoms. The first-order chi connectivity index (χ1) is 18.0. The van der Waals surface area contributed by atoms with Gasteiger partial charge in [0.2, 0.25) is 5.91 Å². The van der Waals surface area contributed by atoms with E-state index in [1.54, 1.807) is 13.0 Å². The monoisotopic (exact) mass is 521 g/mol. The van der Waals surface area contributed by atoms with Crippen LogP contribution in [0.4, 0.5) is 26.0 Å². The zero-order valence-corrected chi connectivity index (χ0v) is 21.2. The van der Waals surface area contributed by atoms with E-state index >= 15 is 0 Å². The smallest absolute Gasteiger partial charge is 0.336 e. The molecule has 4 aromatic rings. The van der Waals surface area contributed by atoms with Gasteiger partial charge in [-0.05, 0) is 62.6 Å². The van der Waals surface area contributed by atoms with E-state index in [0.29, 0.717) is 18.4 Å². The van der Waals surface area contributed by atoms with Crippen molar-refractivity contribution >= 4 is 34.0 Å². The van der Waals surface area contributed by atoms with Crippen LogP contribution in [0.15, 0.2) is 50.8 Å². The van der Waals surface area contributed by atoms with Gasteiger partial charge < -0.3 is 10.6 Å².